The van der Waals surface area contributed by atoms with Gasteiger partial charge >= 0.3 is 23.6 Å². The summed E-state index contributed by atoms with van der Waals surface area (Å²) >= 11 is 0. The number of nitrogens with one attached hydrogen (secondary N) is 2. The van der Waals surface area contributed by atoms with E-state index in [0.717, 1.165) is 60.3 Å². The summed E-state index contributed by atoms with van der Waals surface area (Å²) in [4.78, 5) is 59.0. The highest BCUT2D eigenvalue weighted by atomic mass is 16.5. The lowest BCUT2D eigenvalue weighted by Crippen LogP contribution is -2.47. The summed E-state index contributed by atoms with van der Waals surface area (Å²) in [6, 6.07) is 33.7. The normalized spacial score (nSPS) is 17.3. The summed E-state index contributed by atoms with van der Waals surface area (Å²) in [6.45, 7) is 3.82. The van der Waals surface area contributed by atoms with Crippen LogP contribution in [0.3, 0.4) is 0 Å². The van der Waals surface area contributed by atoms with E-state index in [4.69, 9.17) is 9.84 Å². The van der Waals surface area contributed by atoms with Gasteiger partial charge in [-0.25, -0.2) is 19.2 Å². The van der Waals surface area contributed by atoms with E-state index in [-0.39, 0.29) is 29.5 Å². The molecule has 58 heavy (non-hydrogen) atoms. The summed E-state index contributed by atoms with van der Waals surface area (Å²) in [5, 5.41) is 18.9. The van der Waals surface area contributed by atoms with E-state index < -0.39 is 12.2 Å². The zero-order chi connectivity index (χ0) is 40.6. The fourth-order valence-corrected chi connectivity index (χ4v) is 8.57. The molecule has 14 heteroatoms. The second kappa shape index (κ2) is 18.3. The van der Waals surface area contributed by atoms with Gasteiger partial charge in [0.1, 0.15) is 5.75 Å². The maximum absolute atomic E-state index is 12.8. The van der Waals surface area contributed by atoms with Crippen LogP contribution < -0.4 is 16.1 Å². The van der Waals surface area contributed by atoms with Crippen LogP contribution in [0, 0.1) is 0 Å². The Balaban J connectivity index is 0.000000224. The Labute approximate surface area is 335 Å². The molecule has 2 aliphatic heterocycles. The number of fused-ring (bicyclic) bond motifs is 2. The van der Waals surface area contributed by atoms with Gasteiger partial charge in [-0.1, -0.05) is 66.7 Å². The molecule has 0 bridgehead atoms. The molecule has 304 valence electrons. The van der Waals surface area contributed by atoms with Gasteiger partial charge in [0.25, 0.3) is 0 Å². The topological polar surface area (TPSA) is 169 Å². The van der Waals surface area contributed by atoms with Gasteiger partial charge in [-0.05, 0) is 92.6 Å². The number of aromatic nitrogens is 4. The Morgan fingerprint density at radius 3 is 1.79 bits per heavy atom. The summed E-state index contributed by atoms with van der Waals surface area (Å²) in [5.41, 5.74) is 5.62. The quantitative estimate of drug-likeness (QED) is 0.107. The van der Waals surface area contributed by atoms with Crippen molar-refractivity contribution in [3.8, 4) is 5.75 Å². The van der Waals surface area contributed by atoms with Crippen molar-refractivity contribution >= 4 is 34.3 Å². The molecule has 2 aliphatic rings. The summed E-state index contributed by atoms with van der Waals surface area (Å²) in [5.74, 6) is 0.836. The third-order valence-electron chi connectivity index (χ3n) is 11.5. The standard InChI is InChI=1S/C31H36N4O4.C13H15N3O3/c1-39-27-15-13-24(14-16-27)22-33(21-23-8-3-2-4-9-23)18-7-10-25-20-26(17-19-34(25)31(37)38)35-29-12-6-5-11-28(29)32-30(35)36;17-12-14-10-3-1-2-4-11(10)16(12)9-5-7-15(8-6-9)13(18)19/h2-6,8-9,11-16,25-26H,7,10,17-22H2,1H3,(H,32,36)(H,37,38);1-4,9H,5-8H2,(H,14,17)(H,18,19)/t25-,26?;/m0./s1. The third kappa shape index (κ3) is 9.29. The lowest BCUT2D eigenvalue weighted by Gasteiger charge is -2.38. The third-order valence-corrected chi connectivity index (χ3v) is 11.5. The molecule has 4 N–H and O–H groups in total. The molecule has 0 radical (unpaired) electrons. The Morgan fingerprint density at radius 2 is 1.22 bits per heavy atom. The highest BCUT2D eigenvalue weighted by molar-refractivity contribution is 5.76. The molecule has 2 amide bonds. The first kappa shape index (κ1) is 39.9. The van der Waals surface area contributed by atoms with Gasteiger partial charge in [-0.2, -0.15) is 0 Å². The van der Waals surface area contributed by atoms with Crippen LogP contribution in [0.15, 0.2) is 113 Å². The summed E-state index contributed by atoms with van der Waals surface area (Å²) in [7, 11) is 1.67. The molecule has 2 atom stereocenters. The zero-order valence-electron chi connectivity index (χ0n) is 32.7. The summed E-state index contributed by atoms with van der Waals surface area (Å²) in [6.07, 6.45) is 2.43. The minimum atomic E-state index is -0.885. The number of likely N-dealkylation sites (tertiary alicyclic amines) is 2. The number of hydrogen-bond donors (Lipinski definition) is 4. The highest BCUT2D eigenvalue weighted by Gasteiger charge is 2.33. The minimum absolute atomic E-state index is 0.0334. The van der Waals surface area contributed by atoms with Gasteiger partial charge in [-0.15, -0.1) is 0 Å². The Morgan fingerprint density at radius 1 is 0.690 bits per heavy atom. The number of aromatic amines is 2. The van der Waals surface area contributed by atoms with E-state index in [9.17, 15) is 24.3 Å². The number of benzene rings is 4. The van der Waals surface area contributed by atoms with E-state index >= 15 is 0 Å². The van der Waals surface area contributed by atoms with Gasteiger partial charge in [0.15, 0.2) is 0 Å². The average Bonchev–Trinajstić information content (AvgIpc) is 3.76. The molecular formula is C44H51N7O7. The molecule has 8 rings (SSSR count). The number of nitrogens with zero attached hydrogens (tertiary/aromatic N) is 5. The number of hydrogen-bond acceptors (Lipinski definition) is 6. The molecule has 4 aromatic carbocycles. The number of methoxy groups -OCH3 is 1. The van der Waals surface area contributed by atoms with Crippen LogP contribution in [0.4, 0.5) is 9.59 Å². The van der Waals surface area contributed by atoms with Crippen molar-refractivity contribution in [3.63, 3.8) is 0 Å². The number of rotatable bonds is 11. The minimum Gasteiger partial charge on any atom is -0.497 e. The number of para-hydroxylation sites is 4. The predicted octanol–water partition coefficient (Wildman–Crippen LogP) is 7.15. The first-order valence-corrected chi connectivity index (χ1v) is 19.9. The van der Waals surface area contributed by atoms with Gasteiger partial charge in [-0.3, -0.25) is 14.0 Å². The summed E-state index contributed by atoms with van der Waals surface area (Å²) < 4.78 is 8.89. The zero-order valence-corrected chi connectivity index (χ0v) is 32.7. The number of carboxylic acid groups (broad SMARTS) is 2. The second-order valence-electron chi connectivity index (χ2n) is 15.1. The number of H-pyrrole nitrogens is 2. The van der Waals surface area contributed by atoms with Crippen molar-refractivity contribution in [2.75, 3.05) is 33.3 Å². The number of carbonyl (C=O) groups is 2. The maximum atomic E-state index is 12.8. The smallest absolute Gasteiger partial charge is 0.407 e. The van der Waals surface area contributed by atoms with Crippen LogP contribution in [0.25, 0.3) is 22.1 Å². The van der Waals surface area contributed by atoms with Gasteiger partial charge in [0, 0.05) is 50.8 Å². The van der Waals surface area contributed by atoms with Crippen molar-refractivity contribution in [3.05, 3.63) is 135 Å². The van der Waals surface area contributed by atoms with Crippen molar-refractivity contribution in [1.29, 1.82) is 0 Å². The van der Waals surface area contributed by atoms with E-state index in [1.165, 1.54) is 16.0 Å². The molecule has 2 aromatic heterocycles. The maximum Gasteiger partial charge on any atom is 0.407 e. The first-order chi connectivity index (χ1) is 28.2. The van der Waals surface area contributed by atoms with E-state index in [0.29, 0.717) is 45.3 Å². The Kier molecular flexibility index (Phi) is 12.6. The van der Waals surface area contributed by atoms with Crippen LogP contribution in [0.1, 0.15) is 61.7 Å². The molecule has 6 aromatic rings. The van der Waals surface area contributed by atoms with Crippen molar-refractivity contribution < 1.29 is 24.5 Å². The molecule has 1 unspecified atom stereocenters. The second-order valence-corrected chi connectivity index (χ2v) is 15.1. The fraction of sp³-hybridized carbons (Fsp3) is 0.364. The Hall–Kier alpha value is -6.28. The van der Waals surface area contributed by atoms with Crippen molar-refractivity contribution in [1.82, 2.24) is 33.8 Å². The molecule has 0 saturated carbocycles. The number of imidazole rings is 2. The van der Waals surface area contributed by atoms with E-state index in [1.807, 2.05) is 71.3 Å². The highest BCUT2D eigenvalue weighted by Crippen LogP contribution is 2.31. The predicted molar refractivity (Wildman–Crippen MR) is 223 cm³/mol. The largest absolute Gasteiger partial charge is 0.497 e. The van der Waals surface area contributed by atoms with Crippen LogP contribution in [0.2, 0.25) is 0 Å². The molecule has 0 aliphatic carbocycles. The average molecular weight is 790 g/mol. The number of ether oxygens (including phenoxy) is 1. The first-order valence-electron chi connectivity index (χ1n) is 19.9. The van der Waals surface area contributed by atoms with Crippen LogP contribution in [0.5, 0.6) is 5.75 Å². The van der Waals surface area contributed by atoms with Crippen molar-refractivity contribution in [2.45, 2.75) is 69.7 Å². The lowest BCUT2D eigenvalue weighted by molar-refractivity contribution is 0.0853. The van der Waals surface area contributed by atoms with Gasteiger partial charge in [0.2, 0.25) is 0 Å². The van der Waals surface area contributed by atoms with E-state index in [1.54, 1.807) is 16.6 Å². The molecule has 2 fully saturated rings. The van der Waals surface area contributed by atoms with Crippen LogP contribution in [-0.4, -0.2) is 95.5 Å². The van der Waals surface area contributed by atoms with Gasteiger partial charge in [0.05, 0.1) is 29.2 Å². The van der Waals surface area contributed by atoms with Gasteiger partial charge < -0.3 is 34.7 Å². The molecule has 0 spiro atoms. The molecular weight excluding hydrogens is 739 g/mol. The van der Waals surface area contributed by atoms with E-state index in [2.05, 4.69) is 51.3 Å². The lowest BCUT2D eigenvalue weighted by atomic mass is 9.93. The number of amides is 2. The molecule has 4 heterocycles. The molecule has 2 saturated heterocycles. The van der Waals surface area contributed by atoms with Crippen molar-refractivity contribution in [2.24, 2.45) is 0 Å². The monoisotopic (exact) mass is 789 g/mol. The fourth-order valence-electron chi connectivity index (χ4n) is 8.57. The SMILES string of the molecule is COc1ccc(CN(CCC[C@H]2CC(n3c(=O)[nH]c4ccccc43)CCN2C(=O)O)Cc2ccccc2)cc1.O=C(O)N1CCC(n2c(=O)[nH]c3ccccc32)CC1. The van der Waals surface area contributed by atoms with Crippen LogP contribution in [-0.2, 0) is 13.1 Å². The molecule has 14 nitrogen and oxygen atoms in total. The van der Waals surface area contributed by atoms with Crippen LogP contribution >= 0.6 is 0 Å². The Bertz CT molecular complexity index is 2410. The number of piperidine rings is 2.